The van der Waals surface area contributed by atoms with E-state index in [-0.39, 0.29) is 12.4 Å². The number of hydrogen-bond acceptors (Lipinski definition) is 7. The third kappa shape index (κ3) is 3.04. The van der Waals surface area contributed by atoms with Crippen LogP contribution in [0.15, 0.2) is 68.2 Å². The van der Waals surface area contributed by atoms with Crippen LogP contribution in [-0.4, -0.2) is 10.9 Å². The number of nitro groups is 1. The molecule has 0 N–H and O–H groups in total. The van der Waals surface area contributed by atoms with Crippen molar-refractivity contribution in [1.29, 1.82) is 0 Å². The molecule has 4 aromatic rings. The lowest BCUT2D eigenvalue weighted by molar-refractivity contribution is -0.402. The second-order valence-corrected chi connectivity index (χ2v) is 5.72. The molecule has 134 valence electrons. The van der Waals surface area contributed by atoms with Crippen LogP contribution in [0.25, 0.3) is 21.7 Å². The van der Waals surface area contributed by atoms with Crippen LogP contribution in [-0.2, 0) is 11.3 Å². The molecule has 0 unspecified atom stereocenters. The van der Waals surface area contributed by atoms with Crippen LogP contribution in [0.5, 0.6) is 0 Å². The second kappa shape index (κ2) is 6.41. The zero-order valence-electron chi connectivity index (χ0n) is 13.7. The van der Waals surface area contributed by atoms with Crippen molar-refractivity contribution in [3.8, 4) is 0 Å². The summed E-state index contributed by atoms with van der Waals surface area (Å²) < 4.78 is 15.2. The van der Waals surface area contributed by atoms with Gasteiger partial charge in [-0.1, -0.05) is 30.3 Å². The van der Waals surface area contributed by atoms with Gasteiger partial charge in [0.1, 0.15) is 17.1 Å². The van der Waals surface area contributed by atoms with Crippen molar-refractivity contribution in [2.75, 3.05) is 0 Å². The SMILES string of the molecule is O=C(OCc1cc(=O)oc2ccc3ccccc3c12)c1ccc([N+](=O)[O-])o1. The Labute approximate surface area is 150 Å². The highest BCUT2D eigenvalue weighted by Crippen LogP contribution is 2.28. The maximum Gasteiger partial charge on any atom is 0.433 e. The Hall–Kier alpha value is -3.94. The van der Waals surface area contributed by atoms with E-state index >= 15 is 0 Å². The van der Waals surface area contributed by atoms with Crippen LogP contribution < -0.4 is 5.63 Å². The minimum atomic E-state index is -0.871. The highest BCUT2D eigenvalue weighted by molar-refractivity contribution is 6.07. The summed E-state index contributed by atoms with van der Waals surface area (Å²) in [6.07, 6.45) is 0. The molecule has 0 aliphatic carbocycles. The van der Waals surface area contributed by atoms with Gasteiger partial charge in [0.15, 0.2) is 0 Å². The molecule has 0 radical (unpaired) electrons. The van der Waals surface area contributed by atoms with Crippen molar-refractivity contribution < 1.29 is 23.3 Å². The molecular formula is C19H11NO7. The highest BCUT2D eigenvalue weighted by Gasteiger charge is 2.19. The zero-order valence-corrected chi connectivity index (χ0v) is 13.7. The Kier molecular flexibility index (Phi) is 3.92. The number of benzene rings is 2. The molecule has 0 fully saturated rings. The van der Waals surface area contributed by atoms with Gasteiger partial charge >= 0.3 is 17.5 Å². The lowest BCUT2D eigenvalue weighted by Crippen LogP contribution is -2.07. The Morgan fingerprint density at radius 3 is 2.67 bits per heavy atom. The largest absolute Gasteiger partial charge is 0.455 e. The van der Waals surface area contributed by atoms with Crippen molar-refractivity contribution >= 4 is 33.6 Å². The standard InChI is InChI=1S/C19H11NO7/c21-17-9-12(10-25-19(22)15-7-8-16(26-15)20(23)24)18-13-4-2-1-3-11(13)5-6-14(18)27-17/h1-9H,10H2. The average molecular weight is 365 g/mol. The van der Waals surface area contributed by atoms with E-state index in [1.54, 1.807) is 6.07 Å². The lowest BCUT2D eigenvalue weighted by atomic mass is 10.0. The molecule has 0 amide bonds. The first kappa shape index (κ1) is 16.5. The third-order valence-electron chi connectivity index (χ3n) is 4.05. The monoisotopic (exact) mass is 365 g/mol. The summed E-state index contributed by atoms with van der Waals surface area (Å²) in [6, 6.07) is 14.5. The third-order valence-corrected chi connectivity index (χ3v) is 4.05. The summed E-state index contributed by atoms with van der Waals surface area (Å²) in [4.78, 5) is 33.8. The molecule has 8 nitrogen and oxygen atoms in total. The number of ether oxygens (including phenoxy) is 1. The molecule has 0 aliphatic rings. The van der Waals surface area contributed by atoms with Gasteiger partial charge in [0.05, 0.1) is 6.07 Å². The molecule has 8 heteroatoms. The van der Waals surface area contributed by atoms with Gasteiger partial charge in [-0.15, -0.1) is 0 Å². The first-order valence-corrected chi connectivity index (χ1v) is 7.89. The van der Waals surface area contributed by atoms with Crippen LogP contribution in [0.2, 0.25) is 0 Å². The Morgan fingerprint density at radius 2 is 1.89 bits per heavy atom. The van der Waals surface area contributed by atoms with E-state index in [1.807, 2.05) is 30.3 Å². The van der Waals surface area contributed by atoms with E-state index in [4.69, 9.17) is 13.6 Å². The van der Waals surface area contributed by atoms with E-state index in [2.05, 4.69) is 0 Å². The fourth-order valence-electron chi connectivity index (χ4n) is 2.88. The average Bonchev–Trinajstić information content (AvgIpc) is 3.16. The first-order chi connectivity index (χ1) is 13.0. The number of furan rings is 1. The summed E-state index contributed by atoms with van der Waals surface area (Å²) in [6.45, 7) is -0.219. The smallest absolute Gasteiger partial charge is 0.433 e. The fourth-order valence-corrected chi connectivity index (χ4v) is 2.88. The zero-order chi connectivity index (χ0) is 19.0. The Balaban J connectivity index is 1.70. The van der Waals surface area contributed by atoms with Crippen molar-refractivity contribution in [2.45, 2.75) is 6.61 Å². The van der Waals surface area contributed by atoms with Crippen LogP contribution >= 0.6 is 0 Å². The van der Waals surface area contributed by atoms with Gasteiger partial charge in [0.2, 0.25) is 5.76 Å². The molecular weight excluding hydrogens is 354 g/mol. The molecule has 2 aromatic carbocycles. The summed E-state index contributed by atoms with van der Waals surface area (Å²) >= 11 is 0. The van der Waals surface area contributed by atoms with Gasteiger partial charge in [-0.2, -0.15) is 0 Å². The van der Waals surface area contributed by atoms with Crippen LogP contribution in [0.3, 0.4) is 0 Å². The number of nitrogens with zero attached hydrogens (tertiary/aromatic N) is 1. The molecule has 0 aliphatic heterocycles. The molecule has 0 atom stereocenters. The van der Waals surface area contributed by atoms with Gasteiger partial charge in [-0.25, -0.2) is 9.59 Å². The van der Waals surface area contributed by atoms with Crippen LogP contribution in [0.4, 0.5) is 5.88 Å². The topological polar surface area (TPSA) is 113 Å². The predicted octanol–water partition coefficient (Wildman–Crippen LogP) is 3.80. The van der Waals surface area contributed by atoms with E-state index in [0.29, 0.717) is 16.5 Å². The summed E-state index contributed by atoms with van der Waals surface area (Å²) in [5, 5.41) is 13.1. The van der Waals surface area contributed by atoms with Crippen molar-refractivity contribution in [3.63, 3.8) is 0 Å². The van der Waals surface area contributed by atoms with Crippen LogP contribution in [0.1, 0.15) is 16.1 Å². The molecule has 4 rings (SSSR count). The minimum Gasteiger partial charge on any atom is -0.455 e. The van der Waals surface area contributed by atoms with Crippen molar-refractivity contribution in [1.82, 2.24) is 0 Å². The van der Waals surface area contributed by atoms with Crippen molar-refractivity contribution in [2.24, 2.45) is 0 Å². The molecule has 2 aromatic heterocycles. The van der Waals surface area contributed by atoms with E-state index in [9.17, 15) is 19.7 Å². The number of carbonyl (C=O) groups excluding carboxylic acids is 1. The highest BCUT2D eigenvalue weighted by atomic mass is 16.7. The normalized spacial score (nSPS) is 11.0. The Bertz CT molecular complexity index is 1250. The van der Waals surface area contributed by atoms with E-state index in [1.165, 1.54) is 6.07 Å². The van der Waals surface area contributed by atoms with Gasteiger partial charge < -0.3 is 13.6 Å². The van der Waals surface area contributed by atoms with Gasteiger partial charge in [-0.05, 0) is 22.9 Å². The molecule has 0 bridgehead atoms. The van der Waals surface area contributed by atoms with E-state index < -0.39 is 22.4 Å². The number of esters is 1. The van der Waals surface area contributed by atoms with Gasteiger partial charge in [0, 0.05) is 17.0 Å². The summed E-state index contributed by atoms with van der Waals surface area (Å²) in [5.41, 5.74) is 0.269. The second-order valence-electron chi connectivity index (χ2n) is 5.72. The van der Waals surface area contributed by atoms with E-state index in [0.717, 1.165) is 22.9 Å². The van der Waals surface area contributed by atoms with Crippen molar-refractivity contribution in [3.05, 3.63) is 86.5 Å². The van der Waals surface area contributed by atoms with Gasteiger partial charge in [-0.3, -0.25) is 10.1 Å². The maximum absolute atomic E-state index is 12.1. The predicted molar refractivity (Wildman–Crippen MR) is 94.5 cm³/mol. The Morgan fingerprint density at radius 1 is 1.07 bits per heavy atom. The molecule has 2 heterocycles. The molecule has 0 saturated carbocycles. The molecule has 27 heavy (non-hydrogen) atoms. The van der Waals surface area contributed by atoms with Crippen LogP contribution in [0, 0.1) is 10.1 Å². The minimum absolute atomic E-state index is 0.219. The molecule has 0 spiro atoms. The maximum atomic E-state index is 12.1. The summed E-state index contributed by atoms with van der Waals surface area (Å²) in [5.74, 6) is -1.72. The number of rotatable bonds is 4. The quantitative estimate of drug-likeness (QED) is 0.178. The lowest BCUT2D eigenvalue weighted by Gasteiger charge is -2.09. The fraction of sp³-hybridized carbons (Fsp3) is 0.0526. The number of fused-ring (bicyclic) bond motifs is 3. The molecule has 0 saturated heterocycles. The summed E-state index contributed by atoms with van der Waals surface area (Å²) in [7, 11) is 0. The van der Waals surface area contributed by atoms with Gasteiger partial charge in [0.25, 0.3) is 0 Å². The number of carbonyl (C=O) groups is 1. The number of hydrogen-bond donors (Lipinski definition) is 0. The first-order valence-electron chi connectivity index (χ1n) is 7.89.